The second-order valence-electron chi connectivity index (χ2n) is 6.83. The molecule has 0 aliphatic carbocycles. The van der Waals surface area contributed by atoms with Gasteiger partial charge in [-0.1, -0.05) is 48.2 Å². The van der Waals surface area contributed by atoms with Crippen LogP contribution >= 0.6 is 11.8 Å². The molecule has 0 atom stereocenters. The van der Waals surface area contributed by atoms with Gasteiger partial charge in [0.05, 0.1) is 24.2 Å². The summed E-state index contributed by atoms with van der Waals surface area (Å²) in [6, 6.07) is 18.3. The van der Waals surface area contributed by atoms with Crippen LogP contribution in [0.4, 0.5) is 11.4 Å². The van der Waals surface area contributed by atoms with Crippen LogP contribution in [0.2, 0.25) is 0 Å². The summed E-state index contributed by atoms with van der Waals surface area (Å²) < 4.78 is 27.9. The molecule has 31 heavy (non-hydrogen) atoms. The zero-order valence-electron chi connectivity index (χ0n) is 17.7. The standard InChI is InChI=1S/C21H25N5O3S2/c1-4-25-19(15-26(31(3,28)29)18-13-9-6-10-14-18)22-23-21(25)30-16-20(27)24(2)17-11-7-5-8-12-17/h5-14H,4,15-16H2,1-3H3. The van der Waals surface area contributed by atoms with E-state index in [-0.39, 0.29) is 18.2 Å². The molecule has 1 amide bonds. The number of nitrogens with zero attached hydrogens (tertiary/aromatic N) is 5. The number of para-hydroxylation sites is 2. The van der Waals surface area contributed by atoms with Crippen LogP contribution in [0, 0.1) is 0 Å². The number of hydrogen-bond acceptors (Lipinski definition) is 6. The van der Waals surface area contributed by atoms with Gasteiger partial charge >= 0.3 is 0 Å². The van der Waals surface area contributed by atoms with Gasteiger partial charge in [0.15, 0.2) is 11.0 Å². The number of carbonyl (C=O) groups is 1. The van der Waals surface area contributed by atoms with E-state index in [9.17, 15) is 13.2 Å². The number of sulfonamides is 1. The first-order valence-electron chi connectivity index (χ1n) is 9.70. The Kier molecular flexibility index (Phi) is 7.34. The molecule has 0 aliphatic heterocycles. The number of aromatic nitrogens is 3. The van der Waals surface area contributed by atoms with Crippen molar-refractivity contribution < 1.29 is 13.2 Å². The lowest BCUT2D eigenvalue weighted by molar-refractivity contribution is -0.115. The third-order valence-corrected chi connectivity index (χ3v) is 6.77. The maximum Gasteiger partial charge on any atom is 0.237 e. The molecule has 0 unspecified atom stereocenters. The monoisotopic (exact) mass is 459 g/mol. The fourth-order valence-electron chi connectivity index (χ4n) is 3.00. The lowest BCUT2D eigenvalue weighted by Crippen LogP contribution is -2.30. The molecule has 0 N–H and O–H groups in total. The van der Waals surface area contributed by atoms with Crippen LogP contribution in [0.5, 0.6) is 0 Å². The van der Waals surface area contributed by atoms with E-state index in [1.807, 2.05) is 47.9 Å². The Hall–Kier alpha value is -2.85. The molecule has 0 saturated carbocycles. The highest BCUT2D eigenvalue weighted by Crippen LogP contribution is 2.23. The van der Waals surface area contributed by atoms with Gasteiger partial charge in [0.2, 0.25) is 15.9 Å². The highest BCUT2D eigenvalue weighted by atomic mass is 32.2. The number of rotatable bonds is 9. The van der Waals surface area contributed by atoms with E-state index >= 15 is 0 Å². The van der Waals surface area contributed by atoms with Crippen molar-refractivity contribution in [1.82, 2.24) is 14.8 Å². The van der Waals surface area contributed by atoms with Gasteiger partial charge in [0, 0.05) is 19.3 Å². The van der Waals surface area contributed by atoms with E-state index in [1.165, 1.54) is 22.3 Å². The lowest BCUT2D eigenvalue weighted by Gasteiger charge is -2.22. The van der Waals surface area contributed by atoms with Gasteiger partial charge in [0.25, 0.3) is 0 Å². The van der Waals surface area contributed by atoms with Gasteiger partial charge in [-0.15, -0.1) is 10.2 Å². The molecule has 164 valence electrons. The van der Waals surface area contributed by atoms with Crippen LogP contribution in [0.1, 0.15) is 12.7 Å². The van der Waals surface area contributed by atoms with Gasteiger partial charge in [-0.3, -0.25) is 9.10 Å². The molecular formula is C21H25N5O3S2. The fourth-order valence-corrected chi connectivity index (χ4v) is 4.79. The van der Waals surface area contributed by atoms with E-state index in [4.69, 9.17) is 0 Å². The summed E-state index contributed by atoms with van der Waals surface area (Å²) in [7, 11) is -1.78. The van der Waals surface area contributed by atoms with Crippen molar-refractivity contribution in [3.8, 4) is 0 Å². The number of benzene rings is 2. The predicted octanol–water partition coefficient (Wildman–Crippen LogP) is 3.02. The highest BCUT2D eigenvalue weighted by Gasteiger charge is 2.22. The molecule has 0 bridgehead atoms. The van der Waals surface area contributed by atoms with E-state index < -0.39 is 10.0 Å². The van der Waals surface area contributed by atoms with Crippen LogP contribution < -0.4 is 9.21 Å². The zero-order chi connectivity index (χ0) is 22.4. The number of anilines is 2. The minimum Gasteiger partial charge on any atom is -0.315 e. The number of carbonyl (C=O) groups excluding carboxylic acids is 1. The number of amides is 1. The van der Waals surface area contributed by atoms with E-state index in [1.54, 1.807) is 36.2 Å². The van der Waals surface area contributed by atoms with Crippen LogP contribution in [-0.4, -0.2) is 48.1 Å². The van der Waals surface area contributed by atoms with Gasteiger partial charge in [-0.05, 0) is 31.2 Å². The maximum atomic E-state index is 12.6. The number of hydrogen-bond donors (Lipinski definition) is 0. The third kappa shape index (κ3) is 5.65. The van der Waals surface area contributed by atoms with Crippen molar-refractivity contribution >= 4 is 39.1 Å². The van der Waals surface area contributed by atoms with Crippen molar-refractivity contribution in [1.29, 1.82) is 0 Å². The Bertz CT molecular complexity index is 1120. The van der Waals surface area contributed by atoms with E-state index in [0.29, 0.717) is 23.2 Å². The fraction of sp³-hybridized carbons (Fsp3) is 0.286. The molecule has 3 aromatic rings. The van der Waals surface area contributed by atoms with Crippen molar-refractivity contribution in [2.24, 2.45) is 0 Å². The van der Waals surface area contributed by atoms with Crippen molar-refractivity contribution in [3.63, 3.8) is 0 Å². The number of thioether (sulfide) groups is 1. The second kappa shape index (κ2) is 9.97. The Morgan fingerprint density at radius 3 is 2.13 bits per heavy atom. The highest BCUT2D eigenvalue weighted by molar-refractivity contribution is 7.99. The quantitative estimate of drug-likeness (QED) is 0.457. The van der Waals surface area contributed by atoms with Gasteiger partial charge in [0.1, 0.15) is 0 Å². The largest absolute Gasteiger partial charge is 0.315 e. The van der Waals surface area contributed by atoms with Crippen LogP contribution in [0.25, 0.3) is 0 Å². The molecule has 0 spiro atoms. The van der Waals surface area contributed by atoms with Crippen molar-refractivity contribution in [2.45, 2.75) is 25.2 Å². The average Bonchev–Trinajstić information content (AvgIpc) is 3.17. The Morgan fingerprint density at radius 1 is 1.00 bits per heavy atom. The van der Waals surface area contributed by atoms with Crippen molar-refractivity contribution in [3.05, 3.63) is 66.5 Å². The van der Waals surface area contributed by atoms with Gasteiger partial charge < -0.3 is 9.47 Å². The Balaban J connectivity index is 1.75. The molecule has 8 nitrogen and oxygen atoms in total. The first-order chi connectivity index (χ1) is 14.8. The predicted molar refractivity (Wildman–Crippen MR) is 124 cm³/mol. The van der Waals surface area contributed by atoms with Gasteiger partial charge in [-0.25, -0.2) is 8.42 Å². The van der Waals surface area contributed by atoms with E-state index in [2.05, 4.69) is 10.2 Å². The molecule has 0 saturated heterocycles. The molecule has 2 aromatic carbocycles. The summed E-state index contributed by atoms with van der Waals surface area (Å²) >= 11 is 1.28. The van der Waals surface area contributed by atoms with Gasteiger partial charge in [-0.2, -0.15) is 0 Å². The molecule has 1 aromatic heterocycles. The van der Waals surface area contributed by atoms with Crippen LogP contribution in [0.3, 0.4) is 0 Å². The van der Waals surface area contributed by atoms with Crippen molar-refractivity contribution in [2.75, 3.05) is 28.3 Å². The first-order valence-corrected chi connectivity index (χ1v) is 12.5. The average molecular weight is 460 g/mol. The minimum atomic E-state index is -3.51. The third-order valence-electron chi connectivity index (χ3n) is 4.68. The topological polar surface area (TPSA) is 88.4 Å². The summed E-state index contributed by atoms with van der Waals surface area (Å²) in [6.07, 6.45) is 1.17. The Labute approximate surface area is 186 Å². The second-order valence-corrected chi connectivity index (χ2v) is 9.67. The molecule has 10 heteroatoms. The normalized spacial score (nSPS) is 11.3. The summed E-state index contributed by atoms with van der Waals surface area (Å²) in [5, 5.41) is 8.99. The molecule has 0 radical (unpaired) electrons. The molecule has 3 rings (SSSR count). The lowest BCUT2D eigenvalue weighted by atomic mass is 10.3. The Morgan fingerprint density at radius 2 is 1.58 bits per heavy atom. The zero-order valence-corrected chi connectivity index (χ0v) is 19.3. The maximum absolute atomic E-state index is 12.6. The van der Waals surface area contributed by atoms with E-state index in [0.717, 1.165) is 5.69 Å². The summed E-state index contributed by atoms with van der Waals surface area (Å²) in [5.74, 6) is 0.645. The summed E-state index contributed by atoms with van der Waals surface area (Å²) in [6.45, 7) is 2.55. The van der Waals surface area contributed by atoms with Crippen LogP contribution in [0.15, 0.2) is 65.8 Å². The summed E-state index contributed by atoms with van der Waals surface area (Å²) in [4.78, 5) is 14.2. The molecular weight excluding hydrogens is 434 g/mol. The molecule has 1 heterocycles. The first kappa shape index (κ1) is 22.8. The molecule has 0 fully saturated rings. The van der Waals surface area contributed by atoms with Crippen LogP contribution in [-0.2, 0) is 27.9 Å². The summed E-state index contributed by atoms with van der Waals surface area (Å²) in [5.41, 5.74) is 1.38. The minimum absolute atomic E-state index is 0.0577. The SMILES string of the molecule is CCn1c(CN(c2ccccc2)S(C)(=O)=O)nnc1SCC(=O)N(C)c1ccccc1. The molecule has 0 aliphatic rings. The smallest absolute Gasteiger partial charge is 0.237 e.